The highest BCUT2D eigenvalue weighted by Crippen LogP contribution is 2.46. The fourth-order valence-corrected chi connectivity index (χ4v) is 8.41. The van der Waals surface area contributed by atoms with E-state index in [9.17, 15) is 5.11 Å². The Labute approximate surface area is 324 Å². The van der Waals surface area contributed by atoms with Gasteiger partial charge in [-0.05, 0) is 100 Å². The van der Waals surface area contributed by atoms with Gasteiger partial charge in [-0.3, -0.25) is 19.7 Å². The summed E-state index contributed by atoms with van der Waals surface area (Å²) in [7, 11) is 0. The Balaban J connectivity index is 1.21. The SMILES string of the molecule is Cc1cnccc1-c1ccc2c3ccc(-c4ccncc4C)cc3n(-c3cccc4c3C(=O)N(c3cc(-c5ccccc5)ccc3-c3ccccc3)C4O)c2c1. The van der Waals surface area contributed by atoms with Crippen LogP contribution in [-0.4, -0.2) is 25.5 Å². The van der Waals surface area contributed by atoms with E-state index in [1.165, 1.54) is 0 Å². The zero-order chi connectivity index (χ0) is 37.9. The van der Waals surface area contributed by atoms with Crippen molar-refractivity contribution in [1.82, 2.24) is 14.5 Å². The minimum Gasteiger partial charge on any atom is -0.369 e. The standard InChI is InChI=1S/C50H36N4O2/c1-31-29-51-24-22-38(31)36-17-20-41-42-21-18-37(39-23-25-52-30-32(39)2)28-47(42)53(46(41)27-36)44-15-9-14-43-48(44)50(56)54(49(43)55)45-26-35(33-10-5-3-6-11-33)16-19-40(45)34-12-7-4-8-13-34/h3-30,49,55H,1-2H3. The molecule has 10 rings (SSSR count). The molecule has 268 valence electrons. The number of fused-ring (bicyclic) bond motifs is 4. The molecule has 6 aromatic carbocycles. The van der Waals surface area contributed by atoms with Crippen LogP contribution in [0.4, 0.5) is 5.69 Å². The third kappa shape index (κ3) is 5.34. The summed E-state index contributed by atoms with van der Waals surface area (Å²) in [6.45, 7) is 4.14. The van der Waals surface area contributed by atoms with E-state index >= 15 is 4.79 Å². The molecule has 0 radical (unpaired) electrons. The van der Waals surface area contributed by atoms with E-state index in [1.807, 2.05) is 110 Å². The van der Waals surface area contributed by atoms with Gasteiger partial charge in [0.1, 0.15) is 0 Å². The number of aliphatic hydroxyl groups excluding tert-OH is 1. The first-order valence-corrected chi connectivity index (χ1v) is 18.8. The Morgan fingerprint density at radius 2 is 1.09 bits per heavy atom. The van der Waals surface area contributed by atoms with Gasteiger partial charge in [-0.15, -0.1) is 0 Å². The van der Waals surface area contributed by atoms with Crippen molar-refractivity contribution in [2.45, 2.75) is 20.1 Å². The van der Waals surface area contributed by atoms with Crippen LogP contribution < -0.4 is 4.90 Å². The molecule has 1 unspecified atom stereocenters. The number of hydrogen-bond donors (Lipinski definition) is 1. The van der Waals surface area contributed by atoms with Gasteiger partial charge >= 0.3 is 0 Å². The second-order valence-corrected chi connectivity index (χ2v) is 14.4. The average molecular weight is 725 g/mol. The number of benzene rings is 6. The van der Waals surface area contributed by atoms with Crippen molar-refractivity contribution < 1.29 is 9.90 Å². The number of amides is 1. The molecule has 0 spiro atoms. The first-order valence-electron chi connectivity index (χ1n) is 18.8. The number of pyridine rings is 2. The van der Waals surface area contributed by atoms with Crippen molar-refractivity contribution >= 4 is 33.4 Å². The van der Waals surface area contributed by atoms with Crippen LogP contribution >= 0.6 is 0 Å². The van der Waals surface area contributed by atoms with Gasteiger partial charge in [0.25, 0.3) is 5.91 Å². The van der Waals surface area contributed by atoms with Crippen molar-refractivity contribution in [2.24, 2.45) is 0 Å². The summed E-state index contributed by atoms with van der Waals surface area (Å²) in [5.74, 6) is -0.261. The molecule has 0 fully saturated rings. The Morgan fingerprint density at radius 3 is 1.68 bits per heavy atom. The summed E-state index contributed by atoms with van der Waals surface area (Å²) in [5, 5.41) is 14.4. The highest BCUT2D eigenvalue weighted by atomic mass is 16.3. The number of hydrogen-bond acceptors (Lipinski definition) is 4. The Bertz CT molecular complexity index is 2890. The predicted octanol–water partition coefficient (Wildman–Crippen LogP) is 11.5. The van der Waals surface area contributed by atoms with Crippen molar-refractivity contribution in [3.8, 4) is 50.2 Å². The van der Waals surface area contributed by atoms with Gasteiger partial charge in [0.15, 0.2) is 6.23 Å². The van der Waals surface area contributed by atoms with Crippen LogP contribution in [0.5, 0.6) is 0 Å². The summed E-state index contributed by atoms with van der Waals surface area (Å²) >= 11 is 0. The number of carbonyl (C=O) groups excluding carboxylic acids is 1. The van der Waals surface area contributed by atoms with Crippen LogP contribution in [0.3, 0.4) is 0 Å². The molecule has 1 aliphatic heterocycles. The highest BCUT2D eigenvalue weighted by Gasteiger charge is 2.40. The monoisotopic (exact) mass is 724 g/mol. The number of rotatable bonds is 6. The zero-order valence-electron chi connectivity index (χ0n) is 30.9. The number of carbonyl (C=O) groups is 1. The molecule has 0 bridgehead atoms. The molecular formula is C50H36N4O2. The number of aryl methyl sites for hydroxylation is 2. The van der Waals surface area contributed by atoms with Crippen LogP contribution in [0.1, 0.15) is 33.3 Å². The van der Waals surface area contributed by atoms with E-state index < -0.39 is 6.23 Å². The largest absolute Gasteiger partial charge is 0.369 e. The number of anilines is 1. The predicted molar refractivity (Wildman–Crippen MR) is 226 cm³/mol. The molecule has 56 heavy (non-hydrogen) atoms. The van der Waals surface area contributed by atoms with Gasteiger partial charge in [0.2, 0.25) is 0 Å². The number of aromatic nitrogens is 3. The van der Waals surface area contributed by atoms with Crippen LogP contribution in [0, 0.1) is 13.8 Å². The van der Waals surface area contributed by atoms with Gasteiger partial charge in [-0.2, -0.15) is 0 Å². The molecule has 4 heterocycles. The maximum atomic E-state index is 15.2. The summed E-state index contributed by atoms with van der Waals surface area (Å²) in [6.07, 6.45) is 6.20. The van der Waals surface area contributed by atoms with E-state index in [-0.39, 0.29) is 5.91 Å². The van der Waals surface area contributed by atoms with Gasteiger partial charge in [-0.1, -0.05) is 109 Å². The maximum Gasteiger partial charge on any atom is 0.263 e. The van der Waals surface area contributed by atoms with Crippen LogP contribution in [-0.2, 0) is 0 Å². The van der Waals surface area contributed by atoms with Gasteiger partial charge in [-0.25, -0.2) is 0 Å². The molecule has 1 amide bonds. The molecule has 9 aromatic rings. The Kier molecular flexibility index (Phi) is 7.94. The fourth-order valence-electron chi connectivity index (χ4n) is 8.41. The van der Waals surface area contributed by atoms with E-state index in [0.29, 0.717) is 22.5 Å². The fraction of sp³-hybridized carbons (Fsp3) is 0.0600. The molecule has 1 atom stereocenters. The van der Waals surface area contributed by atoms with Crippen molar-refractivity contribution in [3.63, 3.8) is 0 Å². The van der Waals surface area contributed by atoms with E-state index in [2.05, 4.69) is 89.0 Å². The first-order chi connectivity index (χ1) is 27.5. The molecule has 1 N–H and O–H groups in total. The summed E-state index contributed by atoms with van der Waals surface area (Å²) in [6, 6.07) is 49.3. The van der Waals surface area contributed by atoms with Gasteiger partial charge in [0.05, 0.1) is 28.0 Å². The number of nitrogens with zero attached hydrogens (tertiary/aromatic N) is 4. The molecule has 0 saturated heterocycles. The lowest BCUT2D eigenvalue weighted by molar-refractivity contribution is 0.0935. The first kappa shape index (κ1) is 33.4. The quantitative estimate of drug-likeness (QED) is 0.185. The second kappa shape index (κ2) is 13.3. The minimum absolute atomic E-state index is 0.261. The van der Waals surface area contributed by atoms with Crippen molar-refractivity contribution in [3.05, 3.63) is 193 Å². The zero-order valence-corrected chi connectivity index (χ0v) is 30.9. The van der Waals surface area contributed by atoms with Gasteiger partial charge in [0, 0.05) is 46.7 Å². The normalized spacial score (nSPS) is 13.8. The Morgan fingerprint density at radius 1 is 0.518 bits per heavy atom. The average Bonchev–Trinajstić information content (AvgIpc) is 3.70. The lowest BCUT2D eigenvalue weighted by atomic mass is 9.97. The molecule has 3 aromatic heterocycles. The molecule has 1 aliphatic rings. The van der Waals surface area contributed by atoms with E-state index in [1.54, 1.807) is 4.90 Å². The Hall–Kier alpha value is -7.15. The second-order valence-electron chi connectivity index (χ2n) is 14.4. The maximum absolute atomic E-state index is 15.2. The summed E-state index contributed by atoms with van der Waals surface area (Å²) < 4.78 is 2.20. The minimum atomic E-state index is -1.20. The van der Waals surface area contributed by atoms with Crippen molar-refractivity contribution in [1.29, 1.82) is 0 Å². The third-order valence-corrected chi connectivity index (χ3v) is 11.2. The topological polar surface area (TPSA) is 71.2 Å². The lowest BCUT2D eigenvalue weighted by Crippen LogP contribution is -2.28. The highest BCUT2D eigenvalue weighted by molar-refractivity contribution is 6.17. The van der Waals surface area contributed by atoms with Crippen LogP contribution in [0.15, 0.2) is 170 Å². The van der Waals surface area contributed by atoms with Crippen LogP contribution in [0.25, 0.3) is 72.0 Å². The van der Waals surface area contributed by atoms with Crippen LogP contribution in [0.2, 0.25) is 0 Å². The van der Waals surface area contributed by atoms with Gasteiger partial charge < -0.3 is 9.67 Å². The summed E-state index contributed by atoms with van der Waals surface area (Å²) in [5.41, 5.74) is 14.6. The molecule has 6 heteroatoms. The van der Waals surface area contributed by atoms with E-state index in [4.69, 9.17) is 0 Å². The van der Waals surface area contributed by atoms with Crippen molar-refractivity contribution in [2.75, 3.05) is 4.90 Å². The lowest BCUT2D eigenvalue weighted by Gasteiger charge is -2.25. The molecule has 0 aliphatic carbocycles. The molecular weight excluding hydrogens is 689 g/mol. The third-order valence-electron chi connectivity index (χ3n) is 11.2. The molecule has 0 saturated carbocycles. The summed E-state index contributed by atoms with van der Waals surface area (Å²) in [4.78, 5) is 25.5. The smallest absolute Gasteiger partial charge is 0.263 e. The number of aliphatic hydroxyl groups is 1. The van der Waals surface area contributed by atoms with E-state index in [0.717, 1.165) is 77.4 Å². The molecule has 6 nitrogen and oxygen atoms in total.